The number of hydroxylamine groups is 1. The molecule has 0 radical (unpaired) electrons. The average Bonchev–Trinajstić information content (AvgIpc) is 3.41. The Bertz CT molecular complexity index is 1860. The van der Waals surface area contributed by atoms with Crippen LogP contribution < -0.4 is 32.7 Å². The van der Waals surface area contributed by atoms with Crippen LogP contribution in [0.15, 0.2) is 47.3 Å². The number of nitriles is 1. The second-order valence-electron chi connectivity index (χ2n) is 9.99. The molecule has 44 heavy (non-hydrogen) atoms. The number of benzene rings is 2. The molecule has 7 N–H and O–H groups in total. The Balaban J connectivity index is 1.39. The van der Waals surface area contributed by atoms with Crippen molar-refractivity contribution in [1.29, 1.82) is 5.26 Å². The number of alkyl carbamates (subject to hydrolysis) is 1. The molecule has 0 unspecified atom stereocenters. The van der Waals surface area contributed by atoms with Crippen LogP contribution in [0.5, 0.6) is 0 Å². The van der Waals surface area contributed by atoms with Crippen LogP contribution in [0.1, 0.15) is 39.8 Å². The molecular weight excluding hydrogens is 592 g/mol. The summed E-state index contributed by atoms with van der Waals surface area (Å²) in [5.74, 6) is -0.455. The van der Waals surface area contributed by atoms with Crippen molar-refractivity contribution in [3.8, 4) is 6.07 Å². The Morgan fingerprint density at radius 2 is 1.93 bits per heavy atom. The van der Waals surface area contributed by atoms with E-state index >= 15 is 0 Å². The summed E-state index contributed by atoms with van der Waals surface area (Å²) in [5.41, 5.74) is 14.6. The maximum atomic E-state index is 13.3. The molecule has 4 aromatic rings. The number of nitrogens with one attached hydrogen (secondary N) is 2. The third-order valence-corrected chi connectivity index (χ3v) is 7.56. The van der Waals surface area contributed by atoms with Gasteiger partial charge in [0.25, 0.3) is 11.5 Å². The Hall–Kier alpha value is -5.46. The number of aromatic nitrogens is 4. The van der Waals surface area contributed by atoms with Gasteiger partial charge in [-0.3, -0.25) is 19.4 Å². The van der Waals surface area contributed by atoms with Crippen molar-refractivity contribution in [1.82, 2.24) is 30.3 Å². The van der Waals surface area contributed by atoms with Crippen LogP contribution in [0, 0.1) is 11.3 Å². The van der Waals surface area contributed by atoms with Crippen LogP contribution in [0.3, 0.4) is 0 Å². The molecule has 1 aliphatic heterocycles. The average molecular weight is 619 g/mol. The number of halogens is 1. The minimum absolute atomic E-state index is 0.0226. The lowest BCUT2D eigenvalue weighted by atomic mass is 10.1. The summed E-state index contributed by atoms with van der Waals surface area (Å²) in [6.07, 6.45) is -0.733. The number of ether oxygens (including phenoxy) is 1. The third-order valence-electron chi connectivity index (χ3n) is 7.24. The van der Waals surface area contributed by atoms with Gasteiger partial charge in [-0.1, -0.05) is 29.8 Å². The van der Waals surface area contributed by atoms with E-state index < -0.39 is 24.1 Å². The van der Waals surface area contributed by atoms with E-state index in [0.717, 1.165) is 5.56 Å². The van der Waals surface area contributed by atoms with E-state index in [1.807, 2.05) is 6.07 Å². The van der Waals surface area contributed by atoms with Gasteiger partial charge in [-0.2, -0.15) is 15.2 Å². The zero-order valence-corrected chi connectivity index (χ0v) is 24.1. The van der Waals surface area contributed by atoms with Crippen LogP contribution in [0.25, 0.3) is 10.9 Å². The van der Waals surface area contributed by atoms with Crippen molar-refractivity contribution in [3.05, 3.63) is 80.4 Å². The molecule has 1 saturated heterocycles. The van der Waals surface area contributed by atoms with Crippen molar-refractivity contribution in [2.75, 3.05) is 29.5 Å². The summed E-state index contributed by atoms with van der Waals surface area (Å²) in [6, 6.07) is 12.8. The summed E-state index contributed by atoms with van der Waals surface area (Å²) in [7, 11) is 1.56. The lowest BCUT2D eigenvalue weighted by Crippen LogP contribution is -2.33. The van der Waals surface area contributed by atoms with Gasteiger partial charge in [-0.05, 0) is 36.2 Å². The molecule has 2 amide bonds. The molecule has 0 bridgehead atoms. The number of carbonyl (C=O) groups is 2. The number of carbonyl (C=O) groups excluding carboxylic acids is 2. The molecule has 0 saturated carbocycles. The molecule has 1 aliphatic rings. The minimum atomic E-state index is -0.702. The maximum absolute atomic E-state index is 13.3. The van der Waals surface area contributed by atoms with Crippen LogP contribution in [0.4, 0.5) is 22.4 Å². The number of rotatable bonds is 7. The monoisotopic (exact) mass is 618 g/mol. The van der Waals surface area contributed by atoms with Gasteiger partial charge in [-0.15, -0.1) is 0 Å². The molecular formula is C28H27ClN10O5. The number of nitrogen functional groups attached to an aromatic ring is 2. The Kier molecular flexibility index (Phi) is 8.47. The first-order chi connectivity index (χ1) is 21.1. The largest absolute Gasteiger partial charge is 0.444 e. The zero-order valence-electron chi connectivity index (χ0n) is 23.3. The van der Waals surface area contributed by atoms with Gasteiger partial charge >= 0.3 is 6.09 Å². The molecule has 16 heteroatoms. The van der Waals surface area contributed by atoms with Crippen molar-refractivity contribution >= 4 is 52.1 Å². The first-order valence-electron chi connectivity index (χ1n) is 13.3. The van der Waals surface area contributed by atoms with E-state index in [1.165, 1.54) is 4.57 Å². The normalized spacial score (nSPS) is 16.0. The number of hydrogen-bond donors (Lipinski definition) is 5. The third kappa shape index (κ3) is 5.89. The fraction of sp³-hybridized carbons (Fsp3) is 0.250. The predicted molar refractivity (Wildman–Crippen MR) is 160 cm³/mol. The molecule has 2 aromatic heterocycles. The van der Waals surface area contributed by atoms with E-state index in [0.29, 0.717) is 17.8 Å². The summed E-state index contributed by atoms with van der Waals surface area (Å²) >= 11 is 6.30. The maximum Gasteiger partial charge on any atom is 0.407 e. The quantitative estimate of drug-likeness (QED) is 0.148. The number of nitrogens with zero attached hydrogens (tertiary/aromatic N) is 6. The highest BCUT2D eigenvalue weighted by atomic mass is 35.5. The fourth-order valence-corrected chi connectivity index (χ4v) is 5.39. The molecule has 3 heterocycles. The van der Waals surface area contributed by atoms with Crippen LogP contribution in [-0.4, -0.2) is 55.9 Å². The summed E-state index contributed by atoms with van der Waals surface area (Å²) in [4.78, 5) is 52.2. The van der Waals surface area contributed by atoms with Gasteiger partial charge in [-0.25, -0.2) is 15.3 Å². The van der Waals surface area contributed by atoms with E-state index in [9.17, 15) is 19.6 Å². The summed E-state index contributed by atoms with van der Waals surface area (Å²) < 4.78 is 7.10. The molecule has 15 nitrogen and oxygen atoms in total. The topological polar surface area (TPSA) is 227 Å². The fourth-order valence-electron chi connectivity index (χ4n) is 5.14. The van der Waals surface area contributed by atoms with Gasteiger partial charge < -0.3 is 26.4 Å². The first-order valence-corrected chi connectivity index (χ1v) is 13.7. The second-order valence-corrected chi connectivity index (χ2v) is 10.4. The predicted octanol–water partition coefficient (Wildman–Crippen LogP) is 1.82. The summed E-state index contributed by atoms with van der Waals surface area (Å²) in [5, 5.41) is 21.8. The van der Waals surface area contributed by atoms with Crippen LogP contribution in [0.2, 0.25) is 5.02 Å². The van der Waals surface area contributed by atoms with Crippen LogP contribution >= 0.6 is 11.6 Å². The lowest BCUT2D eigenvalue weighted by molar-refractivity contribution is 0.0706. The lowest BCUT2D eigenvalue weighted by Gasteiger charge is -2.27. The molecule has 2 aromatic carbocycles. The van der Waals surface area contributed by atoms with E-state index in [2.05, 4.69) is 15.3 Å². The van der Waals surface area contributed by atoms with Gasteiger partial charge in [0.05, 0.1) is 28.5 Å². The molecule has 226 valence electrons. The van der Waals surface area contributed by atoms with Gasteiger partial charge in [0.15, 0.2) is 5.82 Å². The smallest absolute Gasteiger partial charge is 0.407 e. The van der Waals surface area contributed by atoms with Crippen molar-refractivity contribution in [2.45, 2.75) is 25.0 Å². The van der Waals surface area contributed by atoms with Gasteiger partial charge in [0.2, 0.25) is 5.95 Å². The number of nitrogens with two attached hydrogens (primary N) is 2. The first kappa shape index (κ1) is 30.0. The number of fused-ring (bicyclic) bond motifs is 1. The molecule has 0 spiro atoms. The zero-order chi connectivity index (χ0) is 31.5. The number of amides is 2. The second kappa shape index (κ2) is 12.4. The van der Waals surface area contributed by atoms with Crippen LogP contribution in [-0.2, 0) is 18.2 Å². The highest BCUT2D eigenvalue weighted by Gasteiger charge is 2.40. The van der Waals surface area contributed by atoms with Crippen molar-refractivity contribution in [3.63, 3.8) is 0 Å². The number of hydrogen-bond acceptors (Lipinski definition) is 12. The molecule has 1 fully saturated rings. The van der Waals surface area contributed by atoms with E-state index in [1.54, 1.807) is 59.9 Å². The van der Waals surface area contributed by atoms with Crippen molar-refractivity contribution < 1.29 is 19.5 Å². The SMILES string of the molecule is Cn1c([C@@H]2C[C@@H](OC(=O)NCCc3ccc(C(=O)NO)cc3)CN2c2nc(N)nc(N)c2C#N)nc2cccc(Cl)c2c1=O. The van der Waals surface area contributed by atoms with E-state index in [4.69, 9.17) is 38.0 Å². The highest BCUT2D eigenvalue weighted by molar-refractivity contribution is 6.35. The molecule has 0 aliphatic carbocycles. The van der Waals surface area contributed by atoms with Crippen molar-refractivity contribution in [2.24, 2.45) is 7.05 Å². The Morgan fingerprint density at radius 3 is 2.64 bits per heavy atom. The Labute approximate surface area is 255 Å². The standard InChI is InChI=1S/C28H27ClN10O5/c1-38-24(34-19-4-2-3-18(29)21(19)26(38)41)20-11-16(13-39(20)23-17(12-30)22(31)35-27(32)36-23)44-28(42)33-10-9-14-5-7-15(8-6-14)25(40)37-43/h2-8,16,20,43H,9-11,13H2,1H3,(H,33,42)(H,37,40)(H4,31,32,35,36)/t16-,20+/m1/s1. The van der Waals surface area contributed by atoms with Gasteiger partial charge in [0.1, 0.15) is 29.4 Å². The minimum Gasteiger partial charge on any atom is -0.444 e. The highest BCUT2D eigenvalue weighted by Crippen LogP contribution is 2.38. The molecule has 5 rings (SSSR count). The Morgan fingerprint density at radius 1 is 1.18 bits per heavy atom. The van der Waals surface area contributed by atoms with E-state index in [-0.39, 0.29) is 64.2 Å². The number of anilines is 3. The molecule has 2 atom stereocenters. The van der Waals surface area contributed by atoms with Gasteiger partial charge in [0, 0.05) is 25.6 Å². The summed E-state index contributed by atoms with van der Waals surface area (Å²) in [6.45, 7) is 0.323.